The van der Waals surface area contributed by atoms with Crippen molar-refractivity contribution in [1.29, 1.82) is 0 Å². The molecule has 7 nitrogen and oxygen atoms in total. The summed E-state index contributed by atoms with van der Waals surface area (Å²) in [7, 11) is -1.93. The lowest BCUT2D eigenvalue weighted by Gasteiger charge is -2.14. The van der Waals surface area contributed by atoms with Crippen LogP contribution < -0.4 is 8.92 Å². The molecule has 0 aliphatic carbocycles. The van der Waals surface area contributed by atoms with Gasteiger partial charge in [0.05, 0.1) is 24.3 Å². The Morgan fingerprint density at radius 2 is 1.84 bits per heavy atom. The summed E-state index contributed by atoms with van der Waals surface area (Å²) in [5.74, 6) is -0.923. The van der Waals surface area contributed by atoms with E-state index in [4.69, 9.17) is 8.92 Å². The van der Waals surface area contributed by atoms with E-state index in [1.807, 2.05) is 0 Å². The van der Waals surface area contributed by atoms with Crippen molar-refractivity contribution in [3.8, 4) is 11.5 Å². The molecular weight excluding hydrogens is 416 g/mol. The van der Waals surface area contributed by atoms with Crippen LogP contribution in [0.15, 0.2) is 45.8 Å². The van der Waals surface area contributed by atoms with Crippen molar-refractivity contribution in [3.63, 3.8) is 0 Å². The Morgan fingerprint density at radius 3 is 2.44 bits per heavy atom. The first-order valence-electron chi connectivity index (χ1n) is 6.78. The predicted molar refractivity (Wildman–Crippen MR) is 91.7 cm³/mol. The molecule has 0 saturated carbocycles. The minimum atomic E-state index is -4.37. The number of hydrogen-bond donors (Lipinski definition) is 0. The van der Waals surface area contributed by atoms with Crippen LogP contribution in [0.5, 0.6) is 11.5 Å². The normalized spacial score (nSPS) is 10.8. The number of carbonyl (C=O) groups is 2. The summed E-state index contributed by atoms with van der Waals surface area (Å²) in [6, 6.07) is 8.19. The van der Waals surface area contributed by atoms with Gasteiger partial charge in [-0.2, -0.15) is 8.42 Å². The van der Waals surface area contributed by atoms with Crippen molar-refractivity contribution in [2.24, 2.45) is 0 Å². The van der Waals surface area contributed by atoms with Crippen LogP contribution in [0.25, 0.3) is 0 Å². The minimum absolute atomic E-state index is 0.0376. The number of rotatable bonds is 6. The molecule has 0 fully saturated rings. The van der Waals surface area contributed by atoms with Gasteiger partial charge in [-0.15, -0.1) is 0 Å². The van der Waals surface area contributed by atoms with Gasteiger partial charge in [0.25, 0.3) is 0 Å². The molecule has 0 heterocycles. The number of ether oxygens (including phenoxy) is 2. The summed E-state index contributed by atoms with van der Waals surface area (Å²) in [5.41, 5.74) is 0.105. The van der Waals surface area contributed by atoms with Gasteiger partial charge in [0.2, 0.25) is 0 Å². The highest BCUT2D eigenvalue weighted by Gasteiger charge is 2.27. The van der Waals surface area contributed by atoms with Crippen molar-refractivity contribution < 1.29 is 31.7 Å². The van der Waals surface area contributed by atoms with Gasteiger partial charge in [-0.3, -0.25) is 4.79 Å². The number of benzene rings is 2. The van der Waals surface area contributed by atoms with Gasteiger partial charge >= 0.3 is 16.1 Å². The van der Waals surface area contributed by atoms with E-state index in [1.54, 1.807) is 0 Å². The lowest BCUT2D eigenvalue weighted by atomic mass is 10.2. The van der Waals surface area contributed by atoms with Crippen LogP contribution in [-0.4, -0.2) is 34.9 Å². The molecule has 0 saturated heterocycles. The number of esters is 1. The van der Waals surface area contributed by atoms with Crippen molar-refractivity contribution >= 4 is 38.3 Å². The predicted octanol–water partition coefficient (Wildman–Crippen LogP) is 2.82. The third kappa shape index (κ3) is 3.99. The quantitative estimate of drug-likeness (QED) is 0.396. The summed E-state index contributed by atoms with van der Waals surface area (Å²) in [4.78, 5) is 22.4. The summed E-state index contributed by atoms with van der Waals surface area (Å²) in [6.45, 7) is 0. The van der Waals surface area contributed by atoms with E-state index in [9.17, 15) is 18.0 Å². The summed E-state index contributed by atoms with van der Waals surface area (Å²) >= 11 is 3.15. The third-order valence-electron chi connectivity index (χ3n) is 3.14. The fourth-order valence-electron chi connectivity index (χ4n) is 2.01. The van der Waals surface area contributed by atoms with Crippen molar-refractivity contribution in [1.82, 2.24) is 0 Å². The lowest BCUT2D eigenvalue weighted by molar-refractivity contribution is 0.0596. The van der Waals surface area contributed by atoms with Crippen LogP contribution in [0.1, 0.15) is 20.7 Å². The highest BCUT2D eigenvalue weighted by molar-refractivity contribution is 9.10. The van der Waals surface area contributed by atoms with Gasteiger partial charge < -0.3 is 13.7 Å². The third-order valence-corrected chi connectivity index (χ3v) is 5.01. The first-order chi connectivity index (χ1) is 11.8. The van der Waals surface area contributed by atoms with Crippen molar-refractivity contribution in [3.05, 3.63) is 52.0 Å². The minimum Gasteiger partial charge on any atom is -0.493 e. The number of halogens is 1. The molecule has 0 spiro atoms. The van der Waals surface area contributed by atoms with Gasteiger partial charge in [0.1, 0.15) is 11.2 Å². The Balaban J connectivity index is 2.55. The zero-order valence-corrected chi connectivity index (χ0v) is 15.6. The van der Waals surface area contributed by atoms with Crippen molar-refractivity contribution in [2.45, 2.75) is 4.90 Å². The standard InChI is InChI=1S/C16H13BrO7S/c1-22-13-8-10(9-18)7-12(17)15(13)24-25(20,21)14-6-4-3-5-11(14)16(19)23-2/h3-9H,1-2H3. The molecule has 2 aromatic carbocycles. The molecule has 0 aliphatic heterocycles. The topological polar surface area (TPSA) is 96.0 Å². The smallest absolute Gasteiger partial charge is 0.340 e. The fraction of sp³-hybridized carbons (Fsp3) is 0.125. The number of hydrogen-bond acceptors (Lipinski definition) is 7. The molecule has 0 bridgehead atoms. The number of aldehydes is 1. The molecule has 0 atom stereocenters. The highest BCUT2D eigenvalue weighted by atomic mass is 79.9. The molecule has 0 aromatic heterocycles. The zero-order chi connectivity index (χ0) is 18.6. The summed E-state index contributed by atoms with van der Waals surface area (Å²) in [5, 5.41) is 0. The van der Waals surface area contributed by atoms with E-state index in [2.05, 4.69) is 20.7 Å². The average Bonchev–Trinajstić information content (AvgIpc) is 2.62. The Morgan fingerprint density at radius 1 is 1.16 bits per heavy atom. The van der Waals surface area contributed by atoms with Gasteiger partial charge in [-0.25, -0.2) is 4.79 Å². The van der Waals surface area contributed by atoms with Gasteiger partial charge in [-0.1, -0.05) is 12.1 Å². The van der Waals surface area contributed by atoms with E-state index in [1.165, 1.54) is 43.5 Å². The Hall–Kier alpha value is -2.39. The van der Waals surface area contributed by atoms with E-state index < -0.39 is 16.1 Å². The second-order valence-corrected chi connectivity index (χ2v) is 7.05. The fourth-order valence-corrected chi connectivity index (χ4v) is 3.80. The molecule has 132 valence electrons. The molecule has 2 rings (SSSR count). The summed E-state index contributed by atoms with van der Waals surface area (Å²) < 4.78 is 40.3. The van der Waals surface area contributed by atoms with Crippen LogP contribution >= 0.6 is 15.9 Å². The highest BCUT2D eigenvalue weighted by Crippen LogP contribution is 2.38. The molecular formula is C16H13BrO7S. The zero-order valence-electron chi connectivity index (χ0n) is 13.2. The summed E-state index contributed by atoms with van der Waals surface area (Å²) in [6.07, 6.45) is 0.581. The van der Waals surface area contributed by atoms with Crippen LogP contribution in [0.4, 0.5) is 0 Å². The molecule has 0 unspecified atom stereocenters. The molecule has 9 heteroatoms. The van der Waals surface area contributed by atoms with Crippen LogP contribution in [0.3, 0.4) is 0 Å². The number of methoxy groups -OCH3 is 2. The molecule has 0 N–H and O–H groups in total. The lowest BCUT2D eigenvalue weighted by Crippen LogP contribution is -2.16. The Labute approximate surface area is 152 Å². The van der Waals surface area contributed by atoms with Gasteiger partial charge in [0, 0.05) is 5.56 Å². The molecule has 0 amide bonds. The van der Waals surface area contributed by atoms with E-state index in [-0.39, 0.29) is 32.0 Å². The maximum atomic E-state index is 12.6. The van der Waals surface area contributed by atoms with Gasteiger partial charge in [0.15, 0.2) is 11.5 Å². The maximum Gasteiger partial charge on any atom is 0.340 e. The van der Waals surface area contributed by atoms with Crippen molar-refractivity contribution in [2.75, 3.05) is 14.2 Å². The second-order valence-electron chi connectivity index (χ2n) is 4.68. The van der Waals surface area contributed by atoms with Crippen LogP contribution in [0.2, 0.25) is 0 Å². The Kier molecular flexibility index (Phi) is 5.81. The average molecular weight is 429 g/mol. The van der Waals surface area contributed by atoms with Gasteiger partial charge in [-0.05, 0) is 40.2 Å². The molecule has 0 radical (unpaired) electrons. The largest absolute Gasteiger partial charge is 0.493 e. The van der Waals surface area contributed by atoms with Crippen LogP contribution in [-0.2, 0) is 14.9 Å². The first-order valence-corrected chi connectivity index (χ1v) is 8.98. The second kappa shape index (κ2) is 7.66. The number of carbonyl (C=O) groups excluding carboxylic acids is 2. The molecule has 2 aromatic rings. The maximum absolute atomic E-state index is 12.6. The SMILES string of the molecule is COC(=O)c1ccccc1S(=O)(=O)Oc1c(Br)cc(C=O)cc1OC. The first kappa shape index (κ1) is 18.9. The Bertz CT molecular complexity index is 922. The van der Waals surface area contributed by atoms with E-state index in [0.717, 1.165) is 7.11 Å². The monoisotopic (exact) mass is 428 g/mol. The van der Waals surface area contributed by atoms with Crippen LogP contribution in [0, 0.1) is 0 Å². The van der Waals surface area contributed by atoms with E-state index in [0.29, 0.717) is 6.29 Å². The molecule has 25 heavy (non-hydrogen) atoms. The molecule has 0 aliphatic rings. The van der Waals surface area contributed by atoms with E-state index >= 15 is 0 Å².